The minimum absolute atomic E-state index is 0.304. The SMILES string of the molecule is COc1ccc(C2=C(O)C(=O)N(c3ccc(Br)cc3)[C@@H]2c2ccccc2F)cc1. The van der Waals surface area contributed by atoms with E-state index in [-0.39, 0.29) is 0 Å². The number of hydrogen-bond donors (Lipinski definition) is 1. The molecule has 3 aromatic carbocycles. The molecule has 29 heavy (non-hydrogen) atoms. The molecule has 1 heterocycles. The highest BCUT2D eigenvalue weighted by atomic mass is 79.9. The van der Waals surface area contributed by atoms with Gasteiger partial charge in [0.1, 0.15) is 11.6 Å². The van der Waals surface area contributed by atoms with E-state index in [1.54, 1.807) is 73.8 Å². The van der Waals surface area contributed by atoms with E-state index in [4.69, 9.17) is 4.74 Å². The fraction of sp³-hybridized carbons (Fsp3) is 0.0870. The largest absolute Gasteiger partial charge is 0.503 e. The van der Waals surface area contributed by atoms with Gasteiger partial charge >= 0.3 is 0 Å². The highest BCUT2D eigenvalue weighted by molar-refractivity contribution is 9.10. The molecule has 0 spiro atoms. The van der Waals surface area contributed by atoms with E-state index in [1.165, 1.54) is 11.0 Å². The molecule has 0 fully saturated rings. The van der Waals surface area contributed by atoms with E-state index in [2.05, 4.69) is 15.9 Å². The van der Waals surface area contributed by atoms with Gasteiger partial charge in [0.05, 0.1) is 13.2 Å². The van der Waals surface area contributed by atoms with Crippen LogP contribution in [0.5, 0.6) is 5.75 Å². The van der Waals surface area contributed by atoms with Crippen molar-refractivity contribution in [3.63, 3.8) is 0 Å². The average Bonchev–Trinajstić information content (AvgIpc) is 3.00. The minimum Gasteiger partial charge on any atom is -0.503 e. The predicted molar refractivity (Wildman–Crippen MR) is 113 cm³/mol. The Morgan fingerprint density at radius 3 is 2.28 bits per heavy atom. The Hall–Kier alpha value is -3.12. The second kappa shape index (κ2) is 7.72. The number of aliphatic hydroxyl groups is 1. The number of nitrogens with zero attached hydrogens (tertiary/aromatic N) is 1. The van der Waals surface area contributed by atoms with Gasteiger partial charge < -0.3 is 9.84 Å². The number of aliphatic hydroxyl groups excluding tert-OH is 1. The van der Waals surface area contributed by atoms with Crippen LogP contribution in [0, 0.1) is 5.82 Å². The van der Waals surface area contributed by atoms with Gasteiger partial charge in [0.15, 0.2) is 5.76 Å². The first-order valence-electron chi connectivity index (χ1n) is 8.92. The predicted octanol–water partition coefficient (Wildman–Crippen LogP) is 5.65. The molecule has 0 aliphatic carbocycles. The number of anilines is 1. The average molecular weight is 454 g/mol. The van der Waals surface area contributed by atoms with Gasteiger partial charge in [0.25, 0.3) is 5.91 Å². The van der Waals surface area contributed by atoms with Crippen LogP contribution >= 0.6 is 15.9 Å². The summed E-state index contributed by atoms with van der Waals surface area (Å²) >= 11 is 3.38. The Kier molecular flexibility index (Phi) is 5.11. The Bertz CT molecular complexity index is 1090. The van der Waals surface area contributed by atoms with Gasteiger partial charge in [-0.05, 0) is 48.0 Å². The summed E-state index contributed by atoms with van der Waals surface area (Å²) in [5.41, 5.74) is 1.83. The number of halogens is 2. The number of benzene rings is 3. The lowest BCUT2D eigenvalue weighted by atomic mass is 9.93. The standard InChI is InChI=1S/C23H17BrFNO3/c1-29-17-12-6-14(7-13-17)20-21(18-4-2-3-5-19(18)25)26(23(28)22(20)27)16-10-8-15(24)9-11-16/h2-13,21,27H,1H3/t21-/m1/s1. The molecular formula is C23H17BrFNO3. The summed E-state index contributed by atoms with van der Waals surface area (Å²) in [6.45, 7) is 0. The maximum absolute atomic E-state index is 14.8. The Morgan fingerprint density at radius 2 is 1.66 bits per heavy atom. The normalized spacial score (nSPS) is 16.4. The lowest BCUT2D eigenvalue weighted by Crippen LogP contribution is -2.30. The number of carbonyl (C=O) groups is 1. The van der Waals surface area contributed by atoms with Crippen LogP contribution in [0.1, 0.15) is 17.2 Å². The molecule has 1 amide bonds. The van der Waals surface area contributed by atoms with Gasteiger partial charge in [0, 0.05) is 21.3 Å². The summed E-state index contributed by atoms with van der Waals surface area (Å²) in [4.78, 5) is 14.5. The maximum atomic E-state index is 14.8. The lowest BCUT2D eigenvalue weighted by Gasteiger charge is -2.27. The third-order valence-electron chi connectivity index (χ3n) is 4.91. The van der Waals surface area contributed by atoms with Crippen molar-refractivity contribution >= 4 is 33.1 Å². The van der Waals surface area contributed by atoms with Gasteiger partial charge in [-0.2, -0.15) is 0 Å². The topological polar surface area (TPSA) is 49.8 Å². The number of methoxy groups -OCH3 is 1. The van der Waals surface area contributed by atoms with Gasteiger partial charge in [-0.3, -0.25) is 9.69 Å². The van der Waals surface area contributed by atoms with E-state index in [9.17, 15) is 14.3 Å². The fourth-order valence-corrected chi connectivity index (χ4v) is 3.79. The van der Waals surface area contributed by atoms with Crippen LogP contribution in [0.3, 0.4) is 0 Å². The van der Waals surface area contributed by atoms with Crippen molar-refractivity contribution in [1.82, 2.24) is 0 Å². The molecule has 1 aliphatic rings. The Labute approximate surface area is 176 Å². The molecule has 0 saturated heterocycles. The zero-order chi connectivity index (χ0) is 20.5. The Morgan fingerprint density at radius 1 is 1.00 bits per heavy atom. The molecule has 6 heteroatoms. The number of hydrogen-bond acceptors (Lipinski definition) is 3. The van der Waals surface area contributed by atoms with Crippen molar-refractivity contribution in [2.45, 2.75) is 6.04 Å². The molecule has 0 bridgehead atoms. The molecule has 146 valence electrons. The van der Waals surface area contributed by atoms with Crippen LogP contribution in [-0.2, 0) is 4.79 Å². The quantitative estimate of drug-likeness (QED) is 0.554. The van der Waals surface area contributed by atoms with Crippen LogP contribution in [-0.4, -0.2) is 18.1 Å². The molecule has 0 aromatic heterocycles. The van der Waals surface area contributed by atoms with E-state index in [1.807, 2.05) is 0 Å². The summed E-state index contributed by atoms with van der Waals surface area (Å²) in [7, 11) is 1.56. The molecule has 0 radical (unpaired) electrons. The molecule has 4 rings (SSSR count). The molecule has 1 atom stereocenters. The van der Waals surface area contributed by atoms with Crippen molar-refractivity contribution in [3.05, 3.63) is 100.0 Å². The monoisotopic (exact) mass is 453 g/mol. The zero-order valence-corrected chi connectivity index (χ0v) is 17.1. The van der Waals surface area contributed by atoms with Gasteiger partial charge in [-0.15, -0.1) is 0 Å². The third-order valence-corrected chi connectivity index (χ3v) is 5.44. The van der Waals surface area contributed by atoms with Gasteiger partial charge in [-0.25, -0.2) is 4.39 Å². The first kappa shape index (κ1) is 19.2. The molecule has 0 unspecified atom stereocenters. The van der Waals surface area contributed by atoms with Crippen molar-refractivity contribution in [3.8, 4) is 5.75 Å². The summed E-state index contributed by atoms with van der Waals surface area (Å²) in [5.74, 6) is -0.781. The smallest absolute Gasteiger partial charge is 0.294 e. The maximum Gasteiger partial charge on any atom is 0.294 e. The number of carbonyl (C=O) groups excluding carboxylic acids is 1. The molecular weight excluding hydrogens is 437 g/mol. The molecule has 1 N–H and O–H groups in total. The molecule has 3 aromatic rings. The van der Waals surface area contributed by atoms with Crippen molar-refractivity contribution in [2.24, 2.45) is 0 Å². The highest BCUT2D eigenvalue weighted by Gasteiger charge is 2.43. The van der Waals surface area contributed by atoms with E-state index >= 15 is 0 Å². The minimum atomic E-state index is -0.807. The first-order chi connectivity index (χ1) is 14.0. The Balaban J connectivity index is 1.91. The zero-order valence-electron chi connectivity index (χ0n) is 15.5. The van der Waals surface area contributed by atoms with E-state index in [0.717, 1.165) is 4.47 Å². The van der Waals surface area contributed by atoms with Crippen LogP contribution in [0.25, 0.3) is 5.57 Å². The van der Waals surface area contributed by atoms with Gasteiger partial charge in [0.2, 0.25) is 0 Å². The molecule has 1 aliphatic heterocycles. The lowest BCUT2D eigenvalue weighted by molar-refractivity contribution is -0.117. The fourth-order valence-electron chi connectivity index (χ4n) is 3.53. The van der Waals surface area contributed by atoms with E-state index in [0.29, 0.717) is 28.1 Å². The van der Waals surface area contributed by atoms with Crippen molar-refractivity contribution in [1.29, 1.82) is 0 Å². The van der Waals surface area contributed by atoms with Crippen LogP contribution < -0.4 is 9.64 Å². The second-order valence-electron chi connectivity index (χ2n) is 6.57. The van der Waals surface area contributed by atoms with Crippen LogP contribution in [0.2, 0.25) is 0 Å². The van der Waals surface area contributed by atoms with E-state index < -0.39 is 23.5 Å². The van der Waals surface area contributed by atoms with Crippen LogP contribution in [0.15, 0.2) is 83.0 Å². The van der Waals surface area contributed by atoms with Crippen molar-refractivity contribution < 1.29 is 19.0 Å². The number of ether oxygens (including phenoxy) is 1. The highest BCUT2D eigenvalue weighted by Crippen LogP contribution is 2.46. The number of amides is 1. The summed E-state index contributed by atoms with van der Waals surface area (Å²) < 4.78 is 20.8. The second-order valence-corrected chi connectivity index (χ2v) is 7.48. The molecule has 0 saturated carbocycles. The summed E-state index contributed by atoms with van der Waals surface area (Å²) in [5, 5.41) is 10.8. The summed E-state index contributed by atoms with van der Waals surface area (Å²) in [6, 6.07) is 19.5. The first-order valence-corrected chi connectivity index (χ1v) is 9.71. The third kappa shape index (κ3) is 3.40. The van der Waals surface area contributed by atoms with Crippen LogP contribution in [0.4, 0.5) is 10.1 Å². The number of rotatable bonds is 4. The summed E-state index contributed by atoms with van der Waals surface area (Å²) in [6.07, 6.45) is 0. The van der Waals surface area contributed by atoms with Gasteiger partial charge in [-0.1, -0.05) is 46.3 Å². The molecule has 4 nitrogen and oxygen atoms in total. The van der Waals surface area contributed by atoms with Crippen molar-refractivity contribution in [2.75, 3.05) is 12.0 Å².